The predicted octanol–water partition coefficient (Wildman–Crippen LogP) is 18.8. The normalized spacial score (nSPS) is 13.2. The number of fused-ring (bicyclic) bond motifs is 3. The molecular weight excluding hydrogens is 865 g/mol. The zero-order valence-corrected chi connectivity index (χ0v) is 39.1. The number of rotatable bonds is 13. The zero-order chi connectivity index (χ0) is 47.3. The summed E-state index contributed by atoms with van der Waals surface area (Å²) >= 11 is 0. The summed E-state index contributed by atoms with van der Waals surface area (Å²) < 4.78 is 6.61. The van der Waals surface area contributed by atoms with Crippen LogP contribution in [0.3, 0.4) is 0 Å². The van der Waals surface area contributed by atoms with Crippen LogP contribution in [0.15, 0.2) is 295 Å². The molecule has 1 aliphatic carbocycles. The molecule has 71 heavy (non-hydrogen) atoms. The van der Waals surface area contributed by atoms with Gasteiger partial charge in [0.2, 0.25) is 0 Å². The lowest BCUT2D eigenvalue weighted by molar-refractivity contribution is 0.669. The minimum absolute atomic E-state index is 0.295. The lowest BCUT2D eigenvalue weighted by Gasteiger charge is -2.32. The SMILES string of the molecule is C1=CC(c2ccccc2)CC(N(c2ccccc2)c2ccc(N(c3ccccc3)c3ccc4oc5ccc(N(c6ccccc6)c6cccc(N(c7ccccc7)c7ccccc7)c6)cc5c4c3)cc2)=C1. The molecule has 0 aliphatic heterocycles. The van der Waals surface area contributed by atoms with Gasteiger partial charge < -0.3 is 24.0 Å². The van der Waals surface area contributed by atoms with Crippen molar-refractivity contribution in [2.75, 3.05) is 19.6 Å². The Kier molecular flexibility index (Phi) is 11.7. The maximum atomic E-state index is 6.61. The second-order valence-electron chi connectivity index (χ2n) is 17.8. The first-order valence-electron chi connectivity index (χ1n) is 24.3. The molecule has 1 atom stereocenters. The molecule has 0 spiro atoms. The third-order valence-electron chi connectivity index (χ3n) is 13.3. The van der Waals surface area contributed by atoms with E-state index >= 15 is 0 Å². The van der Waals surface area contributed by atoms with Gasteiger partial charge in [0.1, 0.15) is 11.2 Å². The second kappa shape index (κ2) is 19.4. The summed E-state index contributed by atoms with van der Waals surface area (Å²) in [4.78, 5) is 9.37. The van der Waals surface area contributed by atoms with Crippen LogP contribution in [-0.4, -0.2) is 0 Å². The first kappa shape index (κ1) is 43.0. The van der Waals surface area contributed by atoms with Crippen LogP contribution in [-0.2, 0) is 0 Å². The van der Waals surface area contributed by atoms with Gasteiger partial charge in [0.05, 0.1) is 0 Å². The monoisotopic (exact) mass is 914 g/mol. The van der Waals surface area contributed by atoms with E-state index in [9.17, 15) is 0 Å². The van der Waals surface area contributed by atoms with Gasteiger partial charge in [-0.05, 0) is 158 Å². The van der Waals surface area contributed by atoms with Gasteiger partial charge >= 0.3 is 0 Å². The maximum Gasteiger partial charge on any atom is 0.135 e. The highest BCUT2D eigenvalue weighted by Gasteiger charge is 2.23. The molecule has 340 valence electrons. The molecule has 0 N–H and O–H groups in total. The van der Waals surface area contributed by atoms with Crippen molar-refractivity contribution >= 4 is 84.5 Å². The van der Waals surface area contributed by atoms with Crippen molar-refractivity contribution in [2.24, 2.45) is 0 Å². The quantitative estimate of drug-likeness (QED) is 0.115. The summed E-state index contributed by atoms with van der Waals surface area (Å²) in [5.74, 6) is 0.295. The van der Waals surface area contributed by atoms with Crippen molar-refractivity contribution in [1.29, 1.82) is 0 Å². The van der Waals surface area contributed by atoms with Crippen LogP contribution in [0.5, 0.6) is 0 Å². The molecule has 0 saturated heterocycles. The van der Waals surface area contributed by atoms with Crippen LogP contribution in [0.1, 0.15) is 17.9 Å². The van der Waals surface area contributed by atoms with Crippen molar-refractivity contribution in [1.82, 2.24) is 0 Å². The summed E-state index contributed by atoms with van der Waals surface area (Å²) in [6.07, 6.45) is 7.67. The van der Waals surface area contributed by atoms with Crippen LogP contribution in [0.25, 0.3) is 21.9 Å². The molecule has 1 aliphatic rings. The molecule has 11 aromatic rings. The number of nitrogens with zero attached hydrogens (tertiary/aromatic N) is 4. The van der Waals surface area contributed by atoms with Gasteiger partial charge in [0, 0.05) is 84.9 Å². The Bertz CT molecular complexity index is 3580. The van der Waals surface area contributed by atoms with Crippen molar-refractivity contribution in [3.63, 3.8) is 0 Å². The average molecular weight is 915 g/mol. The fourth-order valence-electron chi connectivity index (χ4n) is 10.0. The molecule has 1 heterocycles. The smallest absolute Gasteiger partial charge is 0.135 e. The zero-order valence-electron chi connectivity index (χ0n) is 39.1. The second-order valence-corrected chi connectivity index (χ2v) is 17.8. The van der Waals surface area contributed by atoms with Crippen molar-refractivity contribution in [3.8, 4) is 0 Å². The Labute approximate surface area is 415 Å². The van der Waals surface area contributed by atoms with E-state index in [1.807, 2.05) is 0 Å². The fourth-order valence-corrected chi connectivity index (χ4v) is 10.0. The van der Waals surface area contributed by atoms with E-state index in [2.05, 4.69) is 305 Å². The summed E-state index contributed by atoms with van der Waals surface area (Å²) in [6.45, 7) is 0. The van der Waals surface area contributed by atoms with E-state index in [0.717, 1.165) is 90.9 Å². The summed E-state index contributed by atoms with van der Waals surface area (Å²) in [6, 6.07) is 94.7. The molecule has 0 radical (unpaired) electrons. The van der Waals surface area contributed by atoms with Crippen LogP contribution in [0.4, 0.5) is 62.6 Å². The molecule has 5 heteroatoms. The summed E-state index contributed by atoms with van der Waals surface area (Å²) in [5.41, 5.74) is 16.0. The summed E-state index contributed by atoms with van der Waals surface area (Å²) in [7, 11) is 0. The van der Waals surface area contributed by atoms with Crippen LogP contribution < -0.4 is 19.6 Å². The van der Waals surface area contributed by atoms with Gasteiger partial charge in [-0.25, -0.2) is 0 Å². The van der Waals surface area contributed by atoms with Crippen LogP contribution in [0, 0.1) is 0 Å². The van der Waals surface area contributed by atoms with Gasteiger partial charge in [-0.1, -0.05) is 140 Å². The molecule has 10 aromatic carbocycles. The number of para-hydroxylation sites is 5. The highest BCUT2D eigenvalue weighted by molar-refractivity contribution is 6.08. The topological polar surface area (TPSA) is 26.1 Å². The molecule has 1 unspecified atom stereocenters. The van der Waals surface area contributed by atoms with Gasteiger partial charge in [-0.15, -0.1) is 0 Å². The lowest BCUT2D eigenvalue weighted by atomic mass is 9.90. The number of anilines is 11. The van der Waals surface area contributed by atoms with E-state index in [4.69, 9.17) is 4.42 Å². The maximum absolute atomic E-state index is 6.61. The third-order valence-corrected chi connectivity index (χ3v) is 13.3. The lowest BCUT2D eigenvalue weighted by Crippen LogP contribution is -2.19. The number of hydrogen-bond donors (Lipinski definition) is 0. The molecule has 0 bridgehead atoms. The molecule has 1 aromatic heterocycles. The molecule has 0 saturated carbocycles. The van der Waals surface area contributed by atoms with Gasteiger partial charge in [-0.2, -0.15) is 0 Å². The number of hydrogen-bond acceptors (Lipinski definition) is 5. The van der Waals surface area contributed by atoms with Crippen molar-refractivity contribution in [2.45, 2.75) is 12.3 Å². The molecule has 0 fully saturated rings. The number of benzene rings is 10. The Morgan fingerprint density at radius 3 is 1.06 bits per heavy atom. The average Bonchev–Trinajstić information content (AvgIpc) is 3.81. The largest absolute Gasteiger partial charge is 0.456 e. The van der Waals surface area contributed by atoms with Crippen LogP contribution >= 0.6 is 0 Å². The standard InChI is InChI=1S/C66H50N4O/c1-7-21-49(22-8-1)50-23-19-34-58(45-50)68(53-28-13-4-14-29-53)56-37-39-57(40-38-56)69(54-30-15-5-16-31-54)61-41-43-65-63(47-61)64-48-62(42-44-66(64)71-65)70(55-32-17-6-18-33-55)60-36-20-35-59(46-60)67(51-24-9-2-10-25-51)52-26-11-3-12-27-52/h1-44,46-48,50H,45H2. The molecular formula is C66H50N4O. The van der Waals surface area contributed by atoms with Gasteiger partial charge in [0.25, 0.3) is 0 Å². The highest BCUT2D eigenvalue weighted by atomic mass is 16.3. The minimum atomic E-state index is 0.295. The molecule has 0 amide bonds. The van der Waals surface area contributed by atoms with E-state index in [1.54, 1.807) is 0 Å². The fraction of sp³-hybridized carbons (Fsp3) is 0.0303. The van der Waals surface area contributed by atoms with Crippen LogP contribution in [0.2, 0.25) is 0 Å². The van der Waals surface area contributed by atoms with E-state index in [1.165, 1.54) is 11.3 Å². The Morgan fingerprint density at radius 2 is 0.620 bits per heavy atom. The van der Waals surface area contributed by atoms with E-state index in [0.29, 0.717) is 5.92 Å². The third kappa shape index (κ3) is 8.73. The van der Waals surface area contributed by atoms with Crippen molar-refractivity contribution in [3.05, 3.63) is 296 Å². The minimum Gasteiger partial charge on any atom is -0.456 e. The number of allylic oxidation sites excluding steroid dienone is 4. The first-order chi connectivity index (χ1) is 35.2. The predicted molar refractivity (Wildman–Crippen MR) is 297 cm³/mol. The van der Waals surface area contributed by atoms with E-state index in [-0.39, 0.29) is 0 Å². The first-order valence-corrected chi connectivity index (χ1v) is 24.3. The molecule has 12 rings (SSSR count). The van der Waals surface area contributed by atoms with Crippen molar-refractivity contribution < 1.29 is 4.42 Å². The summed E-state index contributed by atoms with van der Waals surface area (Å²) in [5, 5.41) is 2.08. The molecule has 5 nitrogen and oxygen atoms in total. The van der Waals surface area contributed by atoms with E-state index < -0.39 is 0 Å². The number of furan rings is 1. The van der Waals surface area contributed by atoms with Gasteiger partial charge in [0.15, 0.2) is 0 Å². The Balaban J connectivity index is 0.928. The Morgan fingerprint density at radius 1 is 0.296 bits per heavy atom. The Hall–Kier alpha value is -9.32. The highest BCUT2D eigenvalue weighted by Crippen LogP contribution is 2.45. The van der Waals surface area contributed by atoms with Gasteiger partial charge in [-0.3, -0.25) is 0 Å².